The first-order chi connectivity index (χ1) is 9.29. The first-order valence-corrected chi connectivity index (χ1v) is 9.29. The molecule has 6 heteroatoms. The zero-order valence-electron chi connectivity index (χ0n) is 12.7. The predicted molar refractivity (Wildman–Crippen MR) is 79.6 cm³/mol. The lowest BCUT2D eigenvalue weighted by Gasteiger charge is -2.35. The monoisotopic (exact) mass is 305 g/mol. The Bertz CT molecular complexity index is 421. The minimum absolute atomic E-state index is 0.0604. The number of nitrogens with zero attached hydrogens (tertiary/aromatic N) is 1. The smallest absolute Gasteiger partial charge is 0.317 e. The SMILES string of the molecule is CCC(C)CC(CC)N(CC(=O)O)C1CCS(=O)(=O)C1. The maximum absolute atomic E-state index is 11.6. The van der Waals surface area contributed by atoms with Crippen molar-refractivity contribution in [1.82, 2.24) is 4.90 Å². The second-order valence-electron chi connectivity index (χ2n) is 5.93. The summed E-state index contributed by atoms with van der Waals surface area (Å²) in [6.07, 6.45) is 3.40. The van der Waals surface area contributed by atoms with Gasteiger partial charge in [-0.05, 0) is 25.2 Å². The number of hydrogen-bond acceptors (Lipinski definition) is 4. The number of carboxylic acids is 1. The van der Waals surface area contributed by atoms with Gasteiger partial charge in [0.15, 0.2) is 9.84 Å². The number of rotatable bonds is 8. The molecular formula is C14H27NO4S. The van der Waals surface area contributed by atoms with Gasteiger partial charge in [0.05, 0.1) is 18.1 Å². The Kier molecular flexibility index (Phi) is 6.45. The molecule has 1 heterocycles. The fourth-order valence-corrected chi connectivity index (χ4v) is 4.66. The average molecular weight is 305 g/mol. The van der Waals surface area contributed by atoms with E-state index in [4.69, 9.17) is 5.11 Å². The van der Waals surface area contributed by atoms with Crippen LogP contribution < -0.4 is 0 Å². The predicted octanol–water partition coefficient (Wildman–Crippen LogP) is 1.77. The van der Waals surface area contributed by atoms with Gasteiger partial charge in [-0.1, -0.05) is 27.2 Å². The molecule has 0 spiro atoms. The lowest BCUT2D eigenvalue weighted by atomic mass is 9.95. The maximum atomic E-state index is 11.6. The number of sulfone groups is 1. The summed E-state index contributed by atoms with van der Waals surface area (Å²) in [4.78, 5) is 13.0. The van der Waals surface area contributed by atoms with Crippen molar-refractivity contribution in [3.63, 3.8) is 0 Å². The van der Waals surface area contributed by atoms with Crippen LogP contribution in [0.1, 0.15) is 46.5 Å². The normalized spacial score (nSPS) is 24.7. The Morgan fingerprint density at radius 3 is 2.40 bits per heavy atom. The van der Waals surface area contributed by atoms with Crippen LogP contribution in [0, 0.1) is 5.92 Å². The van der Waals surface area contributed by atoms with E-state index < -0.39 is 15.8 Å². The van der Waals surface area contributed by atoms with Crippen LogP contribution in [-0.4, -0.2) is 54.5 Å². The lowest BCUT2D eigenvalue weighted by molar-refractivity contribution is -0.139. The number of hydrogen-bond donors (Lipinski definition) is 1. The molecule has 0 bridgehead atoms. The van der Waals surface area contributed by atoms with Gasteiger partial charge in [0.1, 0.15) is 0 Å². The highest BCUT2D eigenvalue weighted by Gasteiger charge is 2.36. The van der Waals surface area contributed by atoms with Crippen LogP contribution >= 0.6 is 0 Å². The number of carbonyl (C=O) groups is 1. The molecule has 0 saturated carbocycles. The van der Waals surface area contributed by atoms with Gasteiger partial charge in [-0.2, -0.15) is 0 Å². The molecule has 20 heavy (non-hydrogen) atoms. The van der Waals surface area contributed by atoms with E-state index in [0.29, 0.717) is 12.3 Å². The molecule has 1 rings (SSSR count). The van der Waals surface area contributed by atoms with Crippen LogP contribution in [0.5, 0.6) is 0 Å². The standard InChI is InChI=1S/C14H27NO4S/c1-4-11(3)8-12(5-2)15(9-14(16)17)13-6-7-20(18,19)10-13/h11-13H,4-10H2,1-3H3,(H,16,17). The van der Waals surface area contributed by atoms with Crippen molar-refractivity contribution in [1.29, 1.82) is 0 Å². The van der Waals surface area contributed by atoms with Crippen molar-refractivity contribution in [2.24, 2.45) is 5.92 Å². The van der Waals surface area contributed by atoms with E-state index in [9.17, 15) is 13.2 Å². The lowest BCUT2D eigenvalue weighted by Crippen LogP contribution is -2.47. The summed E-state index contributed by atoms with van der Waals surface area (Å²) in [7, 11) is -2.99. The van der Waals surface area contributed by atoms with Crippen LogP contribution in [0.15, 0.2) is 0 Å². The molecule has 118 valence electrons. The molecule has 0 aliphatic carbocycles. The van der Waals surface area contributed by atoms with Crippen molar-refractivity contribution in [2.75, 3.05) is 18.1 Å². The zero-order valence-corrected chi connectivity index (χ0v) is 13.5. The molecule has 1 saturated heterocycles. The summed E-state index contributed by atoms with van der Waals surface area (Å²) in [5, 5.41) is 9.12. The first kappa shape index (κ1) is 17.4. The van der Waals surface area contributed by atoms with E-state index in [-0.39, 0.29) is 30.1 Å². The van der Waals surface area contributed by atoms with Crippen molar-refractivity contribution in [3.8, 4) is 0 Å². The van der Waals surface area contributed by atoms with Gasteiger partial charge in [-0.3, -0.25) is 9.69 Å². The van der Waals surface area contributed by atoms with Gasteiger partial charge in [0.2, 0.25) is 0 Å². The fourth-order valence-electron chi connectivity index (χ4n) is 2.92. The van der Waals surface area contributed by atoms with E-state index in [0.717, 1.165) is 19.3 Å². The molecule has 1 N–H and O–H groups in total. The van der Waals surface area contributed by atoms with Gasteiger partial charge in [-0.25, -0.2) is 8.42 Å². The van der Waals surface area contributed by atoms with E-state index in [1.807, 2.05) is 11.8 Å². The topological polar surface area (TPSA) is 74.7 Å². The van der Waals surface area contributed by atoms with Gasteiger partial charge < -0.3 is 5.11 Å². The van der Waals surface area contributed by atoms with E-state index in [2.05, 4.69) is 13.8 Å². The first-order valence-electron chi connectivity index (χ1n) is 7.47. The molecule has 0 aromatic carbocycles. The van der Waals surface area contributed by atoms with E-state index in [1.54, 1.807) is 0 Å². The quantitative estimate of drug-likeness (QED) is 0.740. The highest BCUT2D eigenvalue weighted by molar-refractivity contribution is 7.91. The Labute approximate surface area is 122 Å². The van der Waals surface area contributed by atoms with E-state index >= 15 is 0 Å². The Morgan fingerprint density at radius 1 is 1.35 bits per heavy atom. The molecule has 0 radical (unpaired) electrons. The van der Waals surface area contributed by atoms with Crippen molar-refractivity contribution in [2.45, 2.75) is 58.5 Å². The Morgan fingerprint density at radius 2 is 2.00 bits per heavy atom. The molecule has 1 fully saturated rings. The number of carboxylic acid groups (broad SMARTS) is 1. The zero-order chi connectivity index (χ0) is 15.3. The Balaban J connectivity index is 2.84. The molecular weight excluding hydrogens is 278 g/mol. The molecule has 1 aliphatic heterocycles. The molecule has 0 aromatic rings. The van der Waals surface area contributed by atoms with Crippen LogP contribution in [0.4, 0.5) is 0 Å². The summed E-state index contributed by atoms with van der Waals surface area (Å²) in [6.45, 7) is 6.27. The highest BCUT2D eigenvalue weighted by Crippen LogP contribution is 2.25. The molecule has 0 aromatic heterocycles. The molecule has 5 nitrogen and oxygen atoms in total. The van der Waals surface area contributed by atoms with E-state index in [1.165, 1.54) is 0 Å². The van der Waals surface area contributed by atoms with Gasteiger partial charge in [0.25, 0.3) is 0 Å². The summed E-state index contributed by atoms with van der Waals surface area (Å²) < 4.78 is 23.3. The third kappa shape index (κ3) is 5.05. The van der Waals surface area contributed by atoms with Crippen LogP contribution in [0.25, 0.3) is 0 Å². The van der Waals surface area contributed by atoms with Crippen LogP contribution in [0.3, 0.4) is 0 Å². The third-order valence-electron chi connectivity index (χ3n) is 4.31. The average Bonchev–Trinajstić information content (AvgIpc) is 2.73. The van der Waals surface area contributed by atoms with Crippen molar-refractivity contribution < 1.29 is 18.3 Å². The minimum Gasteiger partial charge on any atom is -0.480 e. The van der Waals surface area contributed by atoms with Crippen molar-refractivity contribution in [3.05, 3.63) is 0 Å². The maximum Gasteiger partial charge on any atom is 0.317 e. The largest absolute Gasteiger partial charge is 0.480 e. The van der Waals surface area contributed by atoms with Crippen LogP contribution in [-0.2, 0) is 14.6 Å². The molecule has 0 amide bonds. The second-order valence-corrected chi connectivity index (χ2v) is 8.16. The second kappa shape index (κ2) is 7.41. The Hall–Kier alpha value is -0.620. The summed E-state index contributed by atoms with van der Waals surface area (Å²) in [5.41, 5.74) is 0. The van der Waals surface area contributed by atoms with Gasteiger partial charge in [-0.15, -0.1) is 0 Å². The van der Waals surface area contributed by atoms with Gasteiger partial charge in [0, 0.05) is 12.1 Å². The summed E-state index contributed by atoms with van der Waals surface area (Å²) in [5.74, 6) is -0.0589. The highest BCUT2D eigenvalue weighted by atomic mass is 32.2. The summed E-state index contributed by atoms with van der Waals surface area (Å²) in [6, 6.07) is 0.0180. The molecule has 3 atom stereocenters. The fraction of sp³-hybridized carbons (Fsp3) is 0.929. The number of aliphatic carboxylic acids is 1. The van der Waals surface area contributed by atoms with Gasteiger partial charge >= 0.3 is 5.97 Å². The third-order valence-corrected chi connectivity index (χ3v) is 6.06. The van der Waals surface area contributed by atoms with Crippen LogP contribution in [0.2, 0.25) is 0 Å². The van der Waals surface area contributed by atoms with Crippen molar-refractivity contribution >= 4 is 15.8 Å². The molecule has 1 aliphatic rings. The minimum atomic E-state index is -2.99. The summed E-state index contributed by atoms with van der Waals surface area (Å²) >= 11 is 0. The molecule has 3 unspecified atom stereocenters.